The number of fused-ring (bicyclic) bond motifs is 1. The van der Waals surface area contributed by atoms with Crippen molar-refractivity contribution < 1.29 is 14.4 Å². The summed E-state index contributed by atoms with van der Waals surface area (Å²) in [6.07, 6.45) is 3.70. The maximum atomic E-state index is 12.4. The average Bonchev–Trinajstić information content (AvgIpc) is 3.16. The molecule has 0 fully saturated rings. The molecule has 1 aliphatic heterocycles. The first kappa shape index (κ1) is 23.6. The summed E-state index contributed by atoms with van der Waals surface area (Å²) < 4.78 is 0. The van der Waals surface area contributed by atoms with Crippen LogP contribution in [0.4, 0.5) is 28.8 Å². The van der Waals surface area contributed by atoms with Gasteiger partial charge in [0.15, 0.2) is 0 Å². The lowest BCUT2D eigenvalue weighted by molar-refractivity contribution is -0.116. The van der Waals surface area contributed by atoms with E-state index < -0.39 is 0 Å². The van der Waals surface area contributed by atoms with Gasteiger partial charge in [-0.25, -0.2) is 15.0 Å². The van der Waals surface area contributed by atoms with Crippen molar-refractivity contribution in [2.45, 2.75) is 12.8 Å². The van der Waals surface area contributed by atoms with Crippen LogP contribution in [0, 0.1) is 0 Å². The second-order valence-corrected chi connectivity index (χ2v) is 8.29. The Bertz CT molecular complexity index is 1410. The van der Waals surface area contributed by atoms with Crippen LogP contribution in [0.5, 0.6) is 0 Å². The molecule has 3 N–H and O–H groups in total. The Kier molecular flexibility index (Phi) is 6.80. The smallest absolute Gasteiger partial charge is 0.261 e. The van der Waals surface area contributed by atoms with Crippen molar-refractivity contribution in [1.82, 2.24) is 19.9 Å². The fourth-order valence-corrected chi connectivity index (χ4v) is 3.91. The summed E-state index contributed by atoms with van der Waals surface area (Å²) in [6, 6.07) is 21.3. The van der Waals surface area contributed by atoms with Gasteiger partial charge in [0.1, 0.15) is 23.8 Å². The normalized spacial score (nSPS) is 12.3. The third-order valence-electron chi connectivity index (χ3n) is 5.69. The van der Waals surface area contributed by atoms with Gasteiger partial charge >= 0.3 is 0 Å². The third kappa shape index (κ3) is 5.59. The number of nitrogens with one attached hydrogen (secondary N) is 3. The zero-order valence-corrected chi connectivity index (χ0v) is 19.7. The molecule has 0 spiro atoms. The fraction of sp³-hybridized carbons (Fsp3) is 0.111. The molecule has 0 saturated carbocycles. The number of amides is 3. The van der Waals surface area contributed by atoms with Crippen LogP contribution in [-0.2, 0) is 4.79 Å². The number of anilines is 5. The topological polar surface area (TPSA) is 129 Å². The summed E-state index contributed by atoms with van der Waals surface area (Å²) in [5, 5.41) is 9.15. The largest absolute Gasteiger partial charge is 0.340 e. The maximum Gasteiger partial charge on any atom is 0.261 e. The van der Waals surface area contributed by atoms with E-state index in [-0.39, 0.29) is 30.7 Å². The van der Waals surface area contributed by atoms with Gasteiger partial charge in [0.2, 0.25) is 5.91 Å². The molecule has 0 aliphatic carbocycles. The molecule has 2 aromatic carbocycles. The third-order valence-corrected chi connectivity index (χ3v) is 5.69. The predicted octanol–water partition coefficient (Wildman–Crippen LogP) is 4.37. The number of imide groups is 1. The summed E-state index contributed by atoms with van der Waals surface area (Å²) in [7, 11) is 0. The molecule has 3 amide bonds. The van der Waals surface area contributed by atoms with E-state index in [9.17, 15) is 14.4 Å². The van der Waals surface area contributed by atoms with Crippen molar-refractivity contribution in [2.24, 2.45) is 0 Å². The van der Waals surface area contributed by atoms with Gasteiger partial charge in [-0.15, -0.1) is 0 Å². The molecule has 10 heteroatoms. The van der Waals surface area contributed by atoms with E-state index in [1.54, 1.807) is 48.7 Å². The number of nitrogens with zero attached hydrogens (tertiary/aromatic N) is 4. The number of carbonyl (C=O) groups excluding carboxylic acids is 3. The summed E-state index contributed by atoms with van der Waals surface area (Å²) in [6.45, 7) is 0.193. The van der Waals surface area contributed by atoms with Crippen LogP contribution in [-0.4, -0.2) is 44.1 Å². The number of rotatable bonds is 9. The Morgan fingerprint density at radius 1 is 0.730 bits per heavy atom. The first-order valence-corrected chi connectivity index (χ1v) is 11.7. The molecule has 184 valence electrons. The molecule has 10 nitrogen and oxygen atoms in total. The summed E-state index contributed by atoms with van der Waals surface area (Å²) in [5.41, 5.74) is 2.24. The van der Waals surface area contributed by atoms with Crippen LogP contribution in [0.25, 0.3) is 0 Å². The van der Waals surface area contributed by atoms with Crippen LogP contribution >= 0.6 is 0 Å². The second kappa shape index (κ2) is 10.6. The highest BCUT2D eigenvalue weighted by atomic mass is 16.2. The Balaban J connectivity index is 1.10. The molecule has 0 saturated heterocycles. The van der Waals surface area contributed by atoms with Gasteiger partial charge in [-0.1, -0.05) is 18.2 Å². The molecular weight excluding hydrogens is 470 g/mol. The minimum absolute atomic E-state index is 0.181. The zero-order valence-electron chi connectivity index (χ0n) is 19.7. The van der Waals surface area contributed by atoms with E-state index in [1.807, 2.05) is 30.3 Å². The fourth-order valence-electron chi connectivity index (χ4n) is 3.91. The number of pyridine rings is 1. The van der Waals surface area contributed by atoms with Gasteiger partial charge in [0, 0.05) is 36.6 Å². The van der Waals surface area contributed by atoms with E-state index >= 15 is 0 Å². The molecule has 5 rings (SSSR count). The quantitative estimate of drug-likeness (QED) is 0.293. The Labute approximate surface area is 212 Å². The standard InChI is InChI=1S/C27H23N7O3/c35-25(9-5-15-34-26(36)20-6-1-2-7-21(20)27(34)37)32-19-12-10-18(11-13-19)31-23-16-24(30-17-29-23)33-22-8-3-4-14-28-22/h1-4,6-8,10-14,16-17H,5,9,15H2,(H,32,35)(H2,28,29,30,31,33). The molecule has 0 atom stereocenters. The SMILES string of the molecule is O=C(CCCN1C(=O)c2ccccc2C1=O)Nc1ccc(Nc2cc(Nc3ccccn3)ncn2)cc1. The summed E-state index contributed by atoms with van der Waals surface area (Å²) in [4.78, 5) is 51.1. The van der Waals surface area contributed by atoms with Gasteiger partial charge in [-0.3, -0.25) is 19.3 Å². The molecular formula is C27H23N7O3. The van der Waals surface area contributed by atoms with Crippen LogP contribution in [0.3, 0.4) is 0 Å². The van der Waals surface area contributed by atoms with Crippen molar-refractivity contribution in [1.29, 1.82) is 0 Å². The minimum Gasteiger partial charge on any atom is -0.340 e. The van der Waals surface area contributed by atoms with Crippen molar-refractivity contribution in [3.63, 3.8) is 0 Å². The number of benzene rings is 2. The van der Waals surface area contributed by atoms with Crippen molar-refractivity contribution in [3.8, 4) is 0 Å². The molecule has 0 bridgehead atoms. The highest BCUT2D eigenvalue weighted by Crippen LogP contribution is 2.23. The molecule has 1 aliphatic rings. The van der Waals surface area contributed by atoms with Gasteiger partial charge in [-0.05, 0) is 55.0 Å². The molecule has 37 heavy (non-hydrogen) atoms. The lowest BCUT2D eigenvalue weighted by atomic mass is 10.1. The zero-order chi connectivity index (χ0) is 25.6. The highest BCUT2D eigenvalue weighted by molar-refractivity contribution is 6.21. The second-order valence-electron chi connectivity index (χ2n) is 8.29. The lowest BCUT2D eigenvalue weighted by Crippen LogP contribution is -2.31. The summed E-state index contributed by atoms with van der Waals surface area (Å²) in [5.74, 6) is 1.05. The Morgan fingerprint density at radius 2 is 1.38 bits per heavy atom. The molecule has 4 aromatic rings. The van der Waals surface area contributed by atoms with E-state index in [0.29, 0.717) is 40.7 Å². The van der Waals surface area contributed by atoms with Gasteiger partial charge in [0.25, 0.3) is 11.8 Å². The van der Waals surface area contributed by atoms with Crippen LogP contribution in [0.1, 0.15) is 33.6 Å². The van der Waals surface area contributed by atoms with Gasteiger partial charge < -0.3 is 16.0 Å². The lowest BCUT2D eigenvalue weighted by Gasteiger charge is -2.13. The Morgan fingerprint density at radius 3 is 2.05 bits per heavy atom. The molecule has 3 heterocycles. The van der Waals surface area contributed by atoms with E-state index in [2.05, 4.69) is 30.9 Å². The van der Waals surface area contributed by atoms with Crippen molar-refractivity contribution >= 4 is 46.5 Å². The average molecular weight is 494 g/mol. The molecule has 2 aromatic heterocycles. The predicted molar refractivity (Wildman–Crippen MR) is 139 cm³/mol. The van der Waals surface area contributed by atoms with Crippen LogP contribution in [0.15, 0.2) is 85.3 Å². The monoisotopic (exact) mass is 493 g/mol. The highest BCUT2D eigenvalue weighted by Gasteiger charge is 2.34. The van der Waals surface area contributed by atoms with Gasteiger partial charge in [-0.2, -0.15) is 0 Å². The first-order valence-electron chi connectivity index (χ1n) is 11.7. The number of aromatic nitrogens is 3. The Hall–Kier alpha value is -5.12. The van der Waals surface area contributed by atoms with Gasteiger partial charge in [0.05, 0.1) is 11.1 Å². The molecule has 0 radical (unpaired) electrons. The summed E-state index contributed by atoms with van der Waals surface area (Å²) >= 11 is 0. The van der Waals surface area contributed by atoms with E-state index in [0.717, 1.165) is 5.69 Å². The number of hydrogen-bond acceptors (Lipinski definition) is 8. The van der Waals surface area contributed by atoms with Crippen LogP contribution < -0.4 is 16.0 Å². The van der Waals surface area contributed by atoms with E-state index in [1.165, 1.54) is 11.2 Å². The van der Waals surface area contributed by atoms with Crippen molar-refractivity contribution in [2.75, 3.05) is 22.5 Å². The first-order chi connectivity index (χ1) is 18.1. The number of hydrogen-bond donors (Lipinski definition) is 3. The van der Waals surface area contributed by atoms with Crippen LogP contribution in [0.2, 0.25) is 0 Å². The molecule has 0 unspecified atom stereocenters. The maximum absolute atomic E-state index is 12.4. The number of carbonyl (C=O) groups is 3. The van der Waals surface area contributed by atoms with Crippen molar-refractivity contribution in [3.05, 3.63) is 96.4 Å². The minimum atomic E-state index is -0.313. The van der Waals surface area contributed by atoms with E-state index in [4.69, 9.17) is 0 Å².